The fourth-order valence-corrected chi connectivity index (χ4v) is 2.16. The third-order valence-electron chi connectivity index (χ3n) is 2.93. The zero-order valence-corrected chi connectivity index (χ0v) is 13.7. The third-order valence-corrected chi connectivity index (χ3v) is 3.74. The number of aromatic nitrogens is 2. The van der Waals surface area contributed by atoms with Crippen molar-refractivity contribution in [1.82, 2.24) is 9.78 Å². The highest BCUT2D eigenvalue weighted by Crippen LogP contribution is 2.29. The molecule has 0 saturated heterocycles. The van der Waals surface area contributed by atoms with E-state index in [0.717, 1.165) is 0 Å². The summed E-state index contributed by atoms with van der Waals surface area (Å²) in [5.41, 5.74) is 5.52. The van der Waals surface area contributed by atoms with E-state index in [0.29, 0.717) is 16.5 Å². The first-order valence-corrected chi connectivity index (χ1v) is 7.45. The highest BCUT2D eigenvalue weighted by atomic mass is 35.5. The van der Waals surface area contributed by atoms with Gasteiger partial charge in [0, 0.05) is 12.3 Å². The molecule has 0 fully saturated rings. The van der Waals surface area contributed by atoms with E-state index in [9.17, 15) is 9.59 Å². The number of nitrogens with one attached hydrogen (secondary N) is 2. The molecule has 1 aromatic heterocycles. The van der Waals surface area contributed by atoms with Gasteiger partial charge in [0.25, 0.3) is 0 Å². The number of nitrogens with zero attached hydrogens (tertiary/aromatic N) is 2. The molecule has 1 aromatic carbocycles. The monoisotopic (exact) mass is 355 g/mol. The number of primary amides is 1. The zero-order chi connectivity index (χ0) is 17.0. The SMILES string of the molecule is C[C@@H](Nc1ccn(CC(N)=O)n1)C(=O)Nc1cccc(Cl)c1Cl. The first-order valence-electron chi connectivity index (χ1n) is 6.70. The van der Waals surface area contributed by atoms with E-state index in [4.69, 9.17) is 28.9 Å². The van der Waals surface area contributed by atoms with Gasteiger partial charge < -0.3 is 16.4 Å². The third kappa shape index (κ3) is 4.61. The van der Waals surface area contributed by atoms with Gasteiger partial charge in [0.15, 0.2) is 0 Å². The number of carbonyl (C=O) groups excluding carboxylic acids is 2. The van der Waals surface area contributed by atoms with Crippen LogP contribution in [0.4, 0.5) is 11.5 Å². The summed E-state index contributed by atoms with van der Waals surface area (Å²) in [6.07, 6.45) is 1.59. The van der Waals surface area contributed by atoms with E-state index in [1.807, 2.05) is 0 Å². The van der Waals surface area contributed by atoms with Crippen LogP contribution in [0.25, 0.3) is 0 Å². The lowest BCUT2D eigenvalue weighted by atomic mass is 10.2. The van der Waals surface area contributed by atoms with Gasteiger partial charge in [0.2, 0.25) is 11.8 Å². The summed E-state index contributed by atoms with van der Waals surface area (Å²) >= 11 is 11.9. The van der Waals surface area contributed by atoms with Crippen molar-refractivity contribution in [3.8, 4) is 0 Å². The van der Waals surface area contributed by atoms with E-state index < -0.39 is 11.9 Å². The summed E-state index contributed by atoms with van der Waals surface area (Å²) in [5.74, 6) is -0.356. The van der Waals surface area contributed by atoms with Gasteiger partial charge in [-0.25, -0.2) is 0 Å². The van der Waals surface area contributed by atoms with Crippen LogP contribution in [-0.2, 0) is 16.1 Å². The second-order valence-electron chi connectivity index (χ2n) is 4.82. The summed E-state index contributed by atoms with van der Waals surface area (Å²) in [5, 5.41) is 10.3. The van der Waals surface area contributed by atoms with E-state index in [-0.39, 0.29) is 17.5 Å². The van der Waals surface area contributed by atoms with E-state index >= 15 is 0 Å². The van der Waals surface area contributed by atoms with Crippen molar-refractivity contribution >= 4 is 46.5 Å². The van der Waals surface area contributed by atoms with Gasteiger partial charge in [-0.1, -0.05) is 29.3 Å². The number of hydrogen-bond acceptors (Lipinski definition) is 4. The van der Waals surface area contributed by atoms with Crippen LogP contribution >= 0.6 is 23.2 Å². The first-order chi connectivity index (χ1) is 10.9. The van der Waals surface area contributed by atoms with Gasteiger partial charge in [-0.15, -0.1) is 0 Å². The molecular formula is C14H15Cl2N5O2. The van der Waals surface area contributed by atoms with Crippen molar-refractivity contribution in [3.63, 3.8) is 0 Å². The summed E-state index contributed by atoms with van der Waals surface area (Å²) < 4.78 is 1.38. The van der Waals surface area contributed by atoms with Crippen LogP contribution in [0.5, 0.6) is 0 Å². The number of benzene rings is 1. The Labute approximate surface area is 142 Å². The van der Waals surface area contributed by atoms with Gasteiger partial charge in [0.1, 0.15) is 18.4 Å². The van der Waals surface area contributed by atoms with Crippen LogP contribution in [0.3, 0.4) is 0 Å². The Morgan fingerprint density at radius 1 is 1.35 bits per heavy atom. The van der Waals surface area contributed by atoms with Gasteiger partial charge >= 0.3 is 0 Å². The summed E-state index contributed by atoms with van der Waals surface area (Å²) in [6, 6.07) is 6.03. The van der Waals surface area contributed by atoms with Crippen LogP contribution in [0.15, 0.2) is 30.5 Å². The molecule has 0 spiro atoms. The van der Waals surface area contributed by atoms with Crippen molar-refractivity contribution in [3.05, 3.63) is 40.5 Å². The molecule has 1 heterocycles. The van der Waals surface area contributed by atoms with Gasteiger partial charge in [-0.05, 0) is 19.1 Å². The average molecular weight is 356 g/mol. The Kier molecular flexibility index (Phi) is 5.46. The van der Waals surface area contributed by atoms with Gasteiger partial charge in [-0.2, -0.15) is 5.10 Å². The minimum atomic E-state index is -0.582. The molecule has 2 aromatic rings. The molecule has 0 aliphatic rings. The second kappa shape index (κ2) is 7.34. The molecule has 4 N–H and O–H groups in total. The number of rotatable bonds is 6. The maximum Gasteiger partial charge on any atom is 0.246 e. The Hall–Kier alpha value is -2.25. The molecular weight excluding hydrogens is 341 g/mol. The highest BCUT2D eigenvalue weighted by Gasteiger charge is 2.16. The molecule has 122 valence electrons. The highest BCUT2D eigenvalue weighted by molar-refractivity contribution is 6.44. The molecule has 9 heteroatoms. The predicted octanol–water partition coefficient (Wildman–Crippen LogP) is 2.11. The van der Waals surface area contributed by atoms with Crippen molar-refractivity contribution in [2.75, 3.05) is 10.6 Å². The Bertz CT molecular complexity index is 732. The summed E-state index contributed by atoms with van der Waals surface area (Å²) in [6.45, 7) is 1.64. The van der Waals surface area contributed by atoms with Crippen molar-refractivity contribution in [1.29, 1.82) is 0 Å². The Morgan fingerprint density at radius 3 is 2.78 bits per heavy atom. The van der Waals surface area contributed by atoms with Crippen LogP contribution in [-0.4, -0.2) is 27.6 Å². The van der Waals surface area contributed by atoms with E-state index in [1.165, 1.54) is 4.68 Å². The minimum absolute atomic E-state index is 0.0274. The summed E-state index contributed by atoms with van der Waals surface area (Å²) in [4.78, 5) is 23.0. The number of nitrogens with two attached hydrogens (primary N) is 1. The second-order valence-corrected chi connectivity index (χ2v) is 5.61. The first kappa shape index (κ1) is 17.1. The van der Waals surface area contributed by atoms with Gasteiger partial charge in [0.05, 0.1) is 15.7 Å². The average Bonchev–Trinajstić information content (AvgIpc) is 2.90. The van der Waals surface area contributed by atoms with Crippen molar-refractivity contribution in [2.24, 2.45) is 5.73 Å². The topological polar surface area (TPSA) is 102 Å². The molecule has 0 bridgehead atoms. The van der Waals surface area contributed by atoms with Crippen molar-refractivity contribution < 1.29 is 9.59 Å². The molecule has 0 radical (unpaired) electrons. The number of hydrogen-bond donors (Lipinski definition) is 3. The fraction of sp³-hybridized carbons (Fsp3) is 0.214. The lowest BCUT2D eigenvalue weighted by molar-refractivity contribution is -0.119. The predicted molar refractivity (Wildman–Crippen MR) is 89.6 cm³/mol. The lowest BCUT2D eigenvalue weighted by Gasteiger charge is -2.14. The largest absolute Gasteiger partial charge is 0.368 e. The van der Waals surface area contributed by atoms with Crippen LogP contribution in [0.2, 0.25) is 10.0 Å². The summed E-state index contributed by atoms with van der Waals surface area (Å²) in [7, 11) is 0. The normalized spacial score (nSPS) is 11.8. The number of anilines is 2. The molecule has 2 amide bonds. The molecule has 0 aliphatic carbocycles. The smallest absolute Gasteiger partial charge is 0.246 e. The molecule has 1 atom stereocenters. The molecule has 0 unspecified atom stereocenters. The van der Waals surface area contributed by atoms with Crippen LogP contribution < -0.4 is 16.4 Å². The zero-order valence-electron chi connectivity index (χ0n) is 12.2. The van der Waals surface area contributed by atoms with Crippen molar-refractivity contribution in [2.45, 2.75) is 19.5 Å². The Morgan fingerprint density at radius 2 is 2.09 bits per heavy atom. The quantitative estimate of drug-likeness (QED) is 0.738. The molecule has 23 heavy (non-hydrogen) atoms. The number of carbonyl (C=O) groups is 2. The molecule has 2 rings (SSSR count). The van der Waals surface area contributed by atoms with Crippen LogP contribution in [0, 0.1) is 0 Å². The molecule has 7 nitrogen and oxygen atoms in total. The minimum Gasteiger partial charge on any atom is -0.368 e. The van der Waals surface area contributed by atoms with E-state index in [1.54, 1.807) is 37.4 Å². The maximum absolute atomic E-state index is 12.2. The lowest BCUT2D eigenvalue weighted by Crippen LogP contribution is -2.32. The Balaban J connectivity index is 1.98. The number of amides is 2. The molecule has 0 saturated carbocycles. The van der Waals surface area contributed by atoms with Crippen LogP contribution in [0.1, 0.15) is 6.92 Å². The fourth-order valence-electron chi connectivity index (χ4n) is 1.82. The molecule has 0 aliphatic heterocycles. The maximum atomic E-state index is 12.2. The van der Waals surface area contributed by atoms with Gasteiger partial charge in [-0.3, -0.25) is 14.3 Å². The standard InChI is InChI=1S/C14H15Cl2N5O2/c1-8(18-12-5-6-21(20-12)7-11(17)22)14(23)19-10-4-2-3-9(15)13(10)16/h2-6,8H,7H2,1H3,(H2,17,22)(H,18,20)(H,19,23)/t8-/m1/s1. The number of halogens is 2. The van der Waals surface area contributed by atoms with E-state index in [2.05, 4.69) is 15.7 Å².